The van der Waals surface area contributed by atoms with E-state index in [1.165, 1.54) is 10.4 Å². The first-order chi connectivity index (χ1) is 9.32. The van der Waals surface area contributed by atoms with Crippen LogP contribution in [0.5, 0.6) is 0 Å². The second-order valence-corrected chi connectivity index (χ2v) is 7.02. The van der Waals surface area contributed by atoms with E-state index in [0.29, 0.717) is 6.42 Å². The lowest BCUT2D eigenvalue weighted by Crippen LogP contribution is -2.30. The zero-order valence-corrected chi connectivity index (χ0v) is 12.3. The van der Waals surface area contributed by atoms with E-state index in [1.807, 2.05) is 25.1 Å². The molecule has 0 bridgehead atoms. The maximum Gasteiger partial charge on any atom is 0.307 e. The van der Waals surface area contributed by atoms with Crippen molar-refractivity contribution < 1.29 is 18.3 Å². The van der Waals surface area contributed by atoms with Gasteiger partial charge in [-0.25, -0.2) is 8.42 Å². The Bertz CT molecular complexity index is 613. The highest BCUT2D eigenvalue weighted by molar-refractivity contribution is 7.89. The molecular weight excluding hydrogens is 280 g/mol. The van der Waals surface area contributed by atoms with E-state index < -0.39 is 21.9 Å². The van der Waals surface area contributed by atoms with Crippen molar-refractivity contribution >= 4 is 21.7 Å². The lowest BCUT2D eigenvalue weighted by molar-refractivity contribution is -0.141. The molecule has 1 aliphatic rings. The molecule has 0 saturated carbocycles. The van der Waals surface area contributed by atoms with E-state index in [0.717, 1.165) is 5.69 Å². The van der Waals surface area contributed by atoms with Crippen LogP contribution in [0.25, 0.3) is 0 Å². The minimum absolute atomic E-state index is 0.0455. The molecule has 1 unspecified atom stereocenters. The van der Waals surface area contributed by atoms with Gasteiger partial charge in [0.1, 0.15) is 0 Å². The van der Waals surface area contributed by atoms with Crippen molar-refractivity contribution in [3.63, 3.8) is 0 Å². The Balaban J connectivity index is 2.27. The number of rotatable bonds is 4. The summed E-state index contributed by atoms with van der Waals surface area (Å²) >= 11 is 0. The second-order valence-electron chi connectivity index (χ2n) is 5.08. The van der Waals surface area contributed by atoms with E-state index in [-0.39, 0.29) is 18.0 Å². The van der Waals surface area contributed by atoms with Crippen LogP contribution < -0.4 is 4.90 Å². The Kier molecular flexibility index (Phi) is 4.01. The predicted octanol–water partition coefficient (Wildman–Crippen LogP) is 0.848. The number of aliphatic carboxylic acids is 1. The third kappa shape index (κ3) is 2.78. The van der Waals surface area contributed by atoms with Crippen molar-refractivity contribution in [2.75, 3.05) is 32.1 Å². The molecule has 0 aliphatic carbocycles. The first kappa shape index (κ1) is 14.8. The topological polar surface area (TPSA) is 77.9 Å². The third-order valence-electron chi connectivity index (χ3n) is 3.47. The minimum atomic E-state index is -3.62. The zero-order valence-electron chi connectivity index (χ0n) is 11.5. The van der Waals surface area contributed by atoms with Crippen LogP contribution in [-0.2, 0) is 14.8 Å². The van der Waals surface area contributed by atoms with E-state index in [1.54, 1.807) is 12.1 Å². The maximum absolute atomic E-state index is 12.5. The lowest BCUT2D eigenvalue weighted by atomic mass is 10.1. The van der Waals surface area contributed by atoms with Crippen LogP contribution in [0.4, 0.5) is 5.69 Å². The van der Waals surface area contributed by atoms with Crippen LogP contribution in [0.2, 0.25) is 0 Å². The van der Waals surface area contributed by atoms with E-state index in [2.05, 4.69) is 0 Å². The summed E-state index contributed by atoms with van der Waals surface area (Å²) in [5.74, 6) is -1.55. The molecule has 0 radical (unpaired) electrons. The van der Waals surface area contributed by atoms with Crippen LogP contribution in [-0.4, -0.2) is 51.0 Å². The van der Waals surface area contributed by atoms with Crippen molar-refractivity contribution in [1.82, 2.24) is 4.31 Å². The molecule has 1 aromatic rings. The molecule has 0 aromatic heterocycles. The smallest absolute Gasteiger partial charge is 0.307 e. The molecule has 1 saturated heterocycles. The molecule has 1 N–H and O–H groups in total. The van der Waals surface area contributed by atoms with Gasteiger partial charge in [0.05, 0.1) is 10.8 Å². The quantitative estimate of drug-likeness (QED) is 0.891. The van der Waals surface area contributed by atoms with Gasteiger partial charge in [-0.1, -0.05) is 6.07 Å². The largest absolute Gasteiger partial charge is 0.481 e. The number of carboxylic acid groups (broad SMARTS) is 1. The van der Waals surface area contributed by atoms with Gasteiger partial charge in [0, 0.05) is 32.9 Å². The Morgan fingerprint density at radius 3 is 2.65 bits per heavy atom. The number of sulfonamides is 1. The first-order valence-corrected chi connectivity index (χ1v) is 7.76. The van der Waals surface area contributed by atoms with E-state index >= 15 is 0 Å². The van der Waals surface area contributed by atoms with Crippen LogP contribution in [0.3, 0.4) is 0 Å². The fourth-order valence-corrected chi connectivity index (χ4v) is 3.76. The van der Waals surface area contributed by atoms with Gasteiger partial charge in [-0.3, -0.25) is 4.79 Å². The molecule has 1 fully saturated rings. The van der Waals surface area contributed by atoms with Crippen LogP contribution in [0.15, 0.2) is 29.2 Å². The zero-order chi connectivity index (χ0) is 14.9. The predicted molar refractivity (Wildman–Crippen MR) is 75.3 cm³/mol. The summed E-state index contributed by atoms with van der Waals surface area (Å²) in [5.41, 5.74) is 0.792. The Labute approximate surface area is 118 Å². The molecule has 1 aliphatic heterocycles. The number of hydrogen-bond donors (Lipinski definition) is 1. The van der Waals surface area contributed by atoms with Crippen molar-refractivity contribution in [2.24, 2.45) is 5.92 Å². The Morgan fingerprint density at radius 1 is 1.40 bits per heavy atom. The van der Waals surface area contributed by atoms with E-state index in [9.17, 15) is 13.2 Å². The van der Waals surface area contributed by atoms with Gasteiger partial charge in [0.2, 0.25) is 10.0 Å². The third-order valence-corrected chi connectivity index (χ3v) is 5.33. The number of carbonyl (C=O) groups is 1. The van der Waals surface area contributed by atoms with Gasteiger partial charge in [0.25, 0.3) is 0 Å². The molecule has 20 heavy (non-hydrogen) atoms. The highest BCUT2D eigenvalue weighted by Gasteiger charge is 2.35. The maximum atomic E-state index is 12.5. The summed E-state index contributed by atoms with van der Waals surface area (Å²) in [5, 5.41) is 8.96. The fourth-order valence-electron chi connectivity index (χ4n) is 2.22. The molecule has 7 heteroatoms. The summed E-state index contributed by atoms with van der Waals surface area (Å²) in [7, 11) is 0.0529. The molecule has 0 amide bonds. The number of hydrogen-bond acceptors (Lipinski definition) is 4. The average Bonchev–Trinajstić information content (AvgIpc) is 2.89. The molecule has 1 aromatic carbocycles. The summed E-state index contributed by atoms with van der Waals surface area (Å²) in [6, 6.07) is 6.65. The SMILES string of the molecule is CN(C)c1cccc(S(=O)(=O)N2CCC(C(=O)O)C2)c1. The van der Waals surface area contributed by atoms with Crippen LogP contribution in [0, 0.1) is 5.92 Å². The number of benzene rings is 1. The van der Waals surface area contributed by atoms with E-state index in [4.69, 9.17) is 5.11 Å². The van der Waals surface area contributed by atoms with Gasteiger partial charge in [-0.15, -0.1) is 0 Å². The second kappa shape index (κ2) is 5.41. The molecule has 1 heterocycles. The van der Waals surface area contributed by atoms with Crippen molar-refractivity contribution in [3.8, 4) is 0 Å². The first-order valence-electron chi connectivity index (χ1n) is 6.32. The van der Waals surface area contributed by atoms with Gasteiger partial charge >= 0.3 is 5.97 Å². The molecule has 0 spiro atoms. The number of anilines is 1. The van der Waals surface area contributed by atoms with Gasteiger partial charge in [-0.05, 0) is 24.6 Å². The molecule has 1 atom stereocenters. The summed E-state index contributed by atoms with van der Waals surface area (Å²) in [4.78, 5) is 13.0. The molecule has 2 rings (SSSR count). The van der Waals surface area contributed by atoms with Gasteiger partial charge in [-0.2, -0.15) is 4.31 Å². The van der Waals surface area contributed by atoms with Crippen molar-refractivity contribution in [2.45, 2.75) is 11.3 Å². The summed E-state index contributed by atoms with van der Waals surface area (Å²) < 4.78 is 26.2. The fraction of sp³-hybridized carbons (Fsp3) is 0.462. The highest BCUT2D eigenvalue weighted by Crippen LogP contribution is 2.26. The highest BCUT2D eigenvalue weighted by atomic mass is 32.2. The Morgan fingerprint density at radius 2 is 2.10 bits per heavy atom. The summed E-state index contributed by atoms with van der Waals surface area (Å²) in [6.07, 6.45) is 0.363. The van der Waals surface area contributed by atoms with Gasteiger partial charge < -0.3 is 10.0 Å². The summed E-state index contributed by atoms with van der Waals surface area (Å²) in [6.45, 7) is 0.301. The number of nitrogens with zero attached hydrogens (tertiary/aromatic N) is 2. The monoisotopic (exact) mass is 298 g/mol. The molecule has 6 nitrogen and oxygen atoms in total. The molecular formula is C13H18N2O4S. The molecule has 110 valence electrons. The van der Waals surface area contributed by atoms with Crippen LogP contribution in [0.1, 0.15) is 6.42 Å². The number of carboxylic acids is 1. The standard InChI is InChI=1S/C13H18N2O4S/c1-14(2)11-4-3-5-12(8-11)20(18,19)15-7-6-10(9-15)13(16)17/h3-5,8,10H,6-7,9H2,1-2H3,(H,16,17). The normalized spacial score (nSPS) is 20.0. The van der Waals surface area contributed by atoms with Crippen molar-refractivity contribution in [1.29, 1.82) is 0 Å². The van der Waals surface area contributed by atoms with Crippen LogP contribution >= 0.6 is 0 Å². The van der Waals surface area contributed by atoms with Gasteiger partial charge in [0.15, 0.2) is 0 Å². The van der Waals surface area contributed by atoms with Crippen molar-refractivity contribution in [3.05, 3.63) is 24.3 Å². The Hall–Kier alpha value is -1.60. The minimum Gasteiger partial charge on any atom is -0.481 e. The average molecular weight is 298 g/mol. The lowest BCUT2D eigenvalue weighted by Gasteiger charge is -2.18.